The molecule has 1 aromatic heterocycles. The zero-order chi connectivity index (χ0) is 22.2. The van der Waals surface area contributed by atoms with Crippen LogP contribution in [0.3, 0.4) is 0 Å². The van der Waals surface area contributed by atoms with Crippen LogP contribution in [0.4, 0.5) is 10.1 Å². The van der Waals surface area contributed by atoms with Crippen molar-refractivity contribution >= 4 is 16.6 Å². The van der Waals surface area contributed by atoms with Gasteiger partial charge in [-0.15, -0.1) is 0 Å². The number of hydrogen-bond donors (Lipinski definition) is 1. The predicted octanol–water partition coefficient (Wildman–Crippen LogP) is 6.36. The number of nitrogen functional groups attached to an aromatic ring is 1. The highest BCUT2D eigenvalue weighted by molar-refractivity contribution is 5.88. The van der Waals surface area contributed by atoms with E-state index in [1.54, 1.807) is 37.6 Å². The third-order valence-corrected chi connectivity index (χ3v) is 4.40. The summed E-state index contributed by atoms with van der Waals surface area (Å²) in [6.45, 7) is 4.40. The van der Waals surface area contributed by atoms with Crippen molar-refractivity contribution in [2.75, 3.05) is 12.8 Å². The SMILES string of the molecule is CC.COc1cc2c(Oc3ccc(N)cc3F)ccnc2cc1OCc1ccccc1. The van der Waals surface area contributed by atoms with E-state index < -0.39 is 5.82 Å². The average molecular weight is 420 g/mol. The van der Waals surface area contributed by atoms with Crippen LogP contribution in [0.15, 0.2) is 72.9 Å². The second-order valence-corrected chi connectivity index (χ2v) is 6.40. The number of nitrogens with two attached hydrogens (primary N) is 1. The van der Waals surface area contributed by atoms with Crippen molar-refractivity contribution in [2.45, 2.75) is 20.5 Å². The Morgan fingerprint density at radius 2 is 1.65 bits per heavy atom. The molecule has 31 heavy (non-hydrogen) atoms. The maximum Gasteiger partial charge on any atom is 0.167 e. The Balaban J connectivity index is 0.00000132. The van der Waals surface area contributed by atoms with Crippen LogP contribution in [-0.2, 0) is 6.61 Å². The van der Waals surface area contributed by atoms with Gasteiger partial charge in [0.15, 0.2) is 23.1 Å². The molecule has 1 heterocycles. The van der Waals surface area contributed by atoms with Gasteiger partial charge in [0.2, 0.25) is 0 Å². The Labute approximate surface area is 181 Å². The number of nitrogens with zero attached hydrogens (tertiary/aromatic N) is 1. The number of halogens is 1. The van der Waals surface area contributed by atoms with Crippen LogP contribution in [0.25, 0.3) is 10.9 Å². The molecule has 160 valence electrons. The third kappa shape index (κ3) is 5.22. The molecule has 0 saturated heterocycles. The van der Waals surface area contributed by atoms with E-state index >= 15 is 0 Å². The molecule has 0 atom stereocenters. The molecule has 0 aliphatic heterocycles. The number of aromatic nitrogens is 1. The zero-order valence-electron chi connectivity index (χ0n) is 17.8. The van der Waals surface area contributed by atoms with Gasteiger partial charge in [0, 0.05) is 29.4 Å². The molecule has 0 radical (unpaired) electrons. The number of rotatable bonds is 6. The van der Waals surface area contributed by atoms with Gasteiger partial charge in [-0.3, -0.25) is 4.98 Å². The quantitative estimate of drug-likeness (QED) is 0.368. The monoisotopic (exact) mass is 420 g/mol. The van der Waals surface area contributed by atoms with Crippen molar-refractivity contribution in [1.82, 2.24) is 4.98 Å². The smallest absolute Gasteiger partial charge is 0.167 e. The maximum absolute atomic E-state index is 14.1. The van der Waals surface area contributed by atoms with E-state index in [2.05, 4.69) is 4.98 Å². The average Bonchev–Trinajstić information content (AvgIpc) is 2.81. The van der Waals surface area contributed by atoms with Crippen LogP contribution in [-0.4, -0.2) is 12.1 Å². The van der Waals surface area contributed by atoms with E-state index in [0.29, 0.717) is 40.4 Å². The highest BCUT2D eigenvalue weighted by Crippen LogP contribution is 2.38. The largest absolute Gasteiger partial charge is 0.493 e. The first-order chi connectivity index (χ1) is 15.1. The summed E-state index contributed by atoms with van der Waals surface area (Å²) in [5, 5.41) is 0.674. The first-order valence-electron chi connectivity index (χ1n) is 10.0. The summed E-state index contributed by atoms with van der Waals surface area (Å²) in [5.41, 5.74) is 7.61. The highest BCUT2D eigenvalue weighted by Gasteiger charge is 2.13. The minimum Gasteiger partial charge on any atom is -0.493 e. The minimum absolute atomic E-state index is 0.0788. The fourth-order valence-corrected chi connectivity index (χ4v) is 2.94. The molecular weight excluding hydrogens is 395 g/mol. The number of pyridine rings is 1. The normalized spacial score (nSPS) is 10.2. The topological polar surface area (TPSA) is 66.6 Å². The van der Waals surface area contributed by atoms with Crippen LogP contribution in [0.5, 0.6) is 23.0 Å². The van der Waals surface area contributed by atoms with E-state index in [9.17, 15) is 4.39 Å². The van der Waals surface area contributed by atoms with Gasteiger partial charge >= 0.3 is 0 Å². The minimum atomic E-state index is -0.537. The Kier molecular flexibility index (Phi) is 7.27. The van der Waals surface area contributed by atoms with Gasteiger partial charge < -0.3 is 19.9 Å². The van der Waals surface area contributed by atoms with Crippen LogP contribution in [0.1, 0.15) is 19.4 Å². The molecule has 0 saturated carbocycles. The van der Waals surface area contributed by atoms with Gasteiger partial charge in [-0.1, -0.05) is 44.2 Å². The number of hydrogen-bond acceptors (Lipinski definition) is 5. The van der Waals surface area contributed by atoms with Gasteiger partial charge in [-0.05, 0) is 29.8 Å². The Hall–Kier alpha value is -3.80. The molecule has 4 aromatic rings. The van der Waals surface area contributed by atoms with Crippen LogP contribution in [0.2, 0.25) is 0 Å². The summed E-state index contributed by atoms with van der Waals surface area (Å²) < 4.78 is 31.3. The van der Waals surface area contributed by atoms with Gasteiger partial charge in [0.25, 0.3) is 0 Å². The van der Waals surface area contributed by atoms with Crippen LogP contribution >= 0.6 is 0 Å². The van der Waals surface area contributed by atoms with Crippen LogP contribution < -0.4 is 19.9 Å². The van der Waals surface area contributed by atoms with E-state index in [1.807, 2.05) is 44.2 Å². The molecule has 2 N–H and O–H groups in total. The number of fused-ring (bicyclic) bond motifs is 1. The first kappa shape index (κ1) is 21.9. The molecule has 0 amide bonds. The highest BCUT2D eigenvalue weighted by atomic mass is 19.1. The molecule has 6 heteroatoms. The third-order valence-electron chi connectivity index (χ3n) is 4.40. The van der Waals surface area contributed by atoms with Gasteiger partial charge in [-0.25, -0.2) is 4.39 Å². The number of methoxy groups -OCH3 is 1. The summed E-state index contributed by atoms with van der Waals surface area (Å²) >= 11 is 0. The second kappa shape index (κ2) is 10.3. The molecule has 0 fully saturated rings. The van der Waals surface area contributed by atoms with E-state index in [1.165, 1.54) is 12.1 Å². The molecule has 5 nitrogen and oxygen atoms in total. The fraction of sp³-hybridized carbons (Fsp3) is 0.160. The summed E-state index contributed by atoms with van der Waals surface area (Å²) in [5.74, 6) is 1.09. The Morgan fingerprint density at radius 3 is 2.35 bits per heavy atom. The molecule has 0 unspecified atom stereocenters. The first-order valence-corrected chi connectivity index (χ1v) is 10.0. The van der Waals surface area contributed by atoms with Crippen molar-refractivity contribution in [3.63, 3.8) is 0 Å². The molecule has 0 aliphatic rings. The van der Waals surface area contributed by atoms with Gasteiger partial charge in [0.05, 0.1) is 12.6 Å². The van der Waals surface area contributed by atoms with E-state index in [4.69, 9.17) is 19.9 Å². The Morgan fingerprint density at radius 1 is 0.871 bits per heavy atom. The van der Waals surface area contributed by atoms with E-state index in [-0.39, 0.29) is 5.75 Å². The van der Waals surface area contributed by atoms with Crippen molar-refractivity contribution in [2.24, 2.45) is 0 Å². The van der Waals surface area contributed by atoms with Crippen molar-refractivity contribution in [3.8, 4) is 23.0 Å². The van der Waals surface area contributed by atoms with E-state index in [0.717, 1.165) is 5.56 Å². The lowest BCUT2D eigenvalue weighted by atomic mass is 10.1. The fourth-order valence-electron chi connectivity index (χ4n) is 2.94. The number of benzene rings is 3. The second-order valence-electron chi connectivity index (χ2n) is 6.40. The standard InChI is InChI=1S/C23H19FN2O3.C2H6/c1-27-22-12-17-19(13-23(22)28-14-15-5-3-2-4-6-15)26-10-9-20(17)29-21-8-7-16(25)11-18(21)24;1-2/h2-13H,14,25H2,1H3;1-2H3. The van der Waals surface area contributed by atoms with Crippen molar-refractivity contribution < 1.29 is 18.6 Å². The molecule has 0 spiro atoms. The molecule has 4 rings (SSSR count). The van der Waals surface area contributed by atoms with Crippen molar-refractivity contribution in [1.29, 1.82) is 0 Å². The number of anilines is 1. The zero-order valence-corrected chi connectivity index (χ0v) is 17.8. The summed E-state index contributed by atoms with van der Waals surface area (Å²) in [7, 11) is 1.56. The lowest BCUT2D eigenvalue weighted by molar-refractivity contribution is 0.285. The van der Waals surface area contributed by atoms with Gasteiger partial charge in [0.1, 0.15) is 12.4 Å². The summed E-state index contributed by atoms with van der Waals surface area (Å²) in [6.07, 6.45) is 1.60. The lowest BCUT2D eigenvalue weighted by Crippen LogP contribution is -1.98. The molecule has 0 aliphatic carbocycles. The molecule has 0 bridgehead atoms. The molecule has 3 aromatic carbocycles. The summed E-state index contributed by atoms with van der Waals surface area (Å²) in [6, 6.07) is 19.3. The molecular formula is C25H25FN2O3. The van der Waals surface area contributed by atoms with Crippen LogP contribution in [0, 0.1) is 5.82 Å². The van der Waals surface area contributed by atoms with Crippen molar-refractivity contribution in [3.05, 3.63) is 84.3 Å². The number of ether oxygens (including phenoxy) is 3. The maximum atomic E-state index is 14.1. The Bertz CT molecular complexity index is 1150. The van der Waals surface area contributed by atoms with Gasteiger partial charge in [-0.2, -0.15) is 0 Å². The lowest BCUT2D eigenvalue weighted by Gasteiger charge is -2.14. The predicted molar refractivity (Wildman–Crippen MR) is 121 cm³/mol. The summed E-state index contributed by atoms with van der Waals surface area (Å²) in [4.78, 5) is 4.38.